The van der Waals surface area contributed by atoms with Crippen LogP contribution < -0.4 is 10.1 Å². The van der Waals surface area contributed by atoms with E-state index < -0.39 is 5.60 Å². The van der Waals surface area contributed by atoms with E-state index in [2.05, 4.69) is 15.6 Å². The van der Waals surface area contributed by atoms with Gasteiger partial charge in [-0.2, -0.15) is 5.10 Å². The molecule has 0 fully saturated rings. The molecule has 1 aromatic carbocycles. The number of aryl methyl sites for hydroxylation is 1. The highest BCUT2D eigenvalue weighted by atomic mass is 16.7. The van der Waals surface area contributed by atoms with Crippen LogP contribution in [0.3, 0.4) is 0 Å². The van der Waals surface area contributed by atoms with Crippen molar-refractivity contribution in [1.82, 2.24) is 15.1 Å². The van der Waals surface area contributed by atoms with Gasteiger partial charge in [0.2, 0.25) is 5.60 Å². The minimum Gasteiger partial charge on any atom is -0.497 e. The van der Waals surface area contributed by atoms with Crippen molar-refractivity contribution in [3.63, 3.8) is 0 Å². The summed E-state index contributed by atoms with van der Waals surface area (Å²) in [6.07, 6.45) is 4.88. The van der Waals surface area contributed by atoms with Gasteiger partial charge in [-0.3, -0.25) is 9.48 Å². The average molecular weight is 342 g/mol. The molecule has 3 rings (SSSR count). The molecule has 1 aliphatic rings. The highest BCUT2D eigenvalue weighted by Gasteiger charge is 2.41. The summed E-state index contributed by atoms with van der Waals surface area (Å²) >= 11 is 0. The molecular formula is C18H22N4O3. The molecule has 0 radical (unpaired) electrons. The van der Waals surface area contributed by atoms with Crippen LogP contribution in [0.2, 0.25) is 0 Å². The second-order valence-corrected chi connectivity index (χ2v) is 6.14. The Morgan fingerprint density at radius 2 is 2.20 bits per heavy atom. The average Bonchev–Trinajstić information content (AvgIpc) is 3.29. The van der Waals surface area contributed by atoms with E-state index in [4.69, 9.17) is 9.57 Å². The van der Waals surface area contributed by atoms with Gasteiger partial charge in [0.25, 0.3) is 5.91 Å². The fourth-order valence-electron chi connectivity index (χ4n) is 2.66. The number of methoxy groups -OCH3 is 1. The Morgan fingerprint density at radius 3 is 2.88 bits per heavy atom. The largest absolute Gasteiger partial charge is 0.497 e. The minimum absolute atomic E-state index is 0.153. The number of hydrogen-bond donors (Lipinski definition) is 1. The lowest BCUT2D eigenvalue weighted by atomic mass is 9.95. The highest BCUT2D eigenvalue weighted by Crippen LogP contribution is 2.27. The summed E-state index contributed by atoms with van der Waals surface area (Å²) < 4.78 is 6.99. The fraction of sp³-hybridized carbons (Fsp3) is 0.389. The Labute approximate surface area is 146 Å². The van der Waals surface area contributed by atoms with E-state index in [-0.39, 0.29) is 5.91 Å². The summed E-state index contributed by atoms with van der Waals surface area (Å²) in [5.74, 6) is 0.626. The third-order valence-corrected chi connectivity index (χ3v) is 4.17. The van der Waals surface area contributed by atoms with Crippen molar-refractivity contribution in [1.29, 1.82) is 0 Å². The first-order chi connectivity index (χ1) is 12.1. The quantitative estimate of drug-likeness (QED) is 0.781. The van der Waals surface area contributed by atoms with Gasteiger partial charge in [-0.15, -0.1) is 0 Å². The first-order valence-electron chi connectivity index (χ1n) is 8.26. The van der Waals surface area contributed by atoms with E-state index in [9.17, 15) is 4.79 Å². The number of oxime groups is 1. The summed E-state index contributed by atoms with van der Waals surface area (Å²) in [5, 5.41) is 11.2. The molecule has 1 aromatic heterocycles. The first-order valence-corrected chi connectivity index (χ1v) is 8.26. The zero-order chi connectivity index (χ0) is 17.7. The van der Waals surface area contributed by atoms with Crippen molar-refractivity contribution in [2.24, 2.45) is 5.16 Å². The molecule has 0 saturated heterocycles. The molecule has 7 nitrogen and oxygen atoms in total. The molecular weight excluding hydrogens is 320 g/mol. The molecule has 1 N–H and O–H groups in total. The maximum absolute atomic E-state index is 12.5. The van der Waals surface area contributed by atoms with Crippen LogP contribution in [0, 0.1) is 0 Å². The van der Waals surface area contributed by atoms with E-state index in [1.807, 2.05) is 41.2 Å². The number of rotatable bonds is 7. The van der Waals surface area contributed by atoms with Gasteiger partial charge in [0.05, 0.1) is 12.8 Å². The minimum atomic E-state index is -0.971. The monoisotopic (exact) mass is 342 g/mol. The molecule has 7 heteroatoms. The van der Waals surface area contributed by atoms with Gasteiger partial charge >= 0.3 is 0 Å². The Morgan fingerprint density at radius 1 is 1.40 bits per heavy atom. The Bertz CT molecular complexity index is 740. The number of ether oxygens (including phenoxy) is 1. The predicted molar refractivity (Wildman–Crippen MR) is 93.5 cm³/mol. The number of nitrogens with zero attached hydrogens (tertiary/aromatic N) is 3. The first kappa shape index (κ1) is 17.0. The highest BCUT2D eigenvalue weighted by molar-refractivity contribution is 6.05. The molecule has 2 aromatic rings. The predicted octanol–water partition coefficient (Wildman–Crippen LogP) is 1.98. The van der Waals surface area contributed by atoms with Crippen LogP contribution in [0.4, 0.5) is 0 Å². The van der Waals surface area contributed by atoms with Gasteiger partial charge in [0.15, 0.2) is 0 Å². The number of amides is 1. The van der Waals surface area contributed by atoms with E-state index in [1.165, 1.54) is 0 Å². The molecule has 0 saturated carbocycles. The fourth-order valence-corrected chi connectivity index (χ4v) is 2.66. The van der Waals surface area contributed by atoms with Gasteiger partial charge in [-0.25, -0.2) is 0 Å². The standard InChI is InChI=1S/C18H22N4O3/c1-18(17(23)19-9-3-11-22-12-4-10-20-22)13-16(21-25-18)14-5-7-15(24-2)8-6-14/h4-8,10,12H,3,9,11,13H2,1-2H3,(H,19,23)/t18-/m0/s1. The number of benzene rings is 1. The lowest BCUT2D eigenvalue weighted by molar-refractivity contribution is -0.141. The molecule has 0 aliphatic carbocycles. The van der Waals surface area contributed by atoms with Crippen LogP contribution in [-0.4, -0.2) is 40.7 Å². The van der Waals surface area contributed by atoms with Crippen LogP contribution in [0.1, 0.15) is 25.3 Å². The molecule has 1 aliphatic heterocycles. The van der Waals surface area contributed by atoms with Gasteiger partial charge < -0.3 is 14.9 Å². The maximum Gasteiger partial charge on any atom is 0.267 e. The Hall–Kier alpha value is -2.83. The summed E-state index contributed by atoms with van der Waals surface area (Å²) in [5.41, 5.74) is 0.717. The van der Waals surface area contributed by atoms with Gasteiger partial charge in [-0.1, -0.05) is 5.16 Å². The molecule has 0 spiro atoms. The van der Waals surface area contributed by atoms with Crippen molar-refractivity contribution in [2.45, 2.75) is 31.9 Å². The smallest absolute Gasteiger partial charge is 0.267 e. The number of hydrogen-bond acceptors (Lipinski definition) is 5. The maximum atomic E-state index is 12.5. The summed E-state index contributed by atoms with van der Waals surface area (Å²) in [6.45, 7) is 3.09. The van der Waals surface area contributed by atoms with Gasteiger partial charge in [0, 0.05) is 31.9 Å². The van der Waals surface area contributed by atoms with E-state index in [0.717, 1.165) is 30.0 Å². The van der Waals surface area contributed by atoms with Crippen molar-refractivity contribution >= 4 is 11.6 Å². The molecule has 1 amide bonds. The molecule has 2 heterocycles. The van der Waals surface area contributed by atoms with Crippen LogP contribution in [0.5, 0.6) is 5.75 Å². The van der Waals surface area contributed by atoms with Crippen LogP contribution in [0.15, 0.2) is 47.9 Å². The SMILES string of the molecule is COc1ccc(C2=NO[C@](C)(C(=O)NCCCn3cccn3)C2)cc1. The van der Waals surface area contributed by atoms with Crippen LogP contribution >= 0.6 is 0 Å². The molecule has 25 heavy (non-hydrogen) atoms. The second kappa shape index (κ2) is 7.38. The lowest BCUT2D eigenvalue weighted by Crippen LogP contribution is -2.45. The van der Waals surface area contributed by atoms with Crippen LogP contribution in [0.25, 0.3) is 0 Å². The number of nitrogens with one attached hydrogen (secondary N) is 1. The second-order valence-electron chi connectivity index (χ2n) is 6.14. The number of aromatic nitrogens is 2. The Balaban J connectivity index is 1.49. The van der Waals surface area contributed by atoms with Gasteiger partial charge in [0.1, 0.15) is 5.75 Å². The topological polar surface area (TPSA) is 77.7 Å². The summed E-state index contributed by atoms with van der Waals surface area (Å²) in [7, 11) is 1.62. The third kappa shape index (κ3) is 3.99. The molecule has 1 atom stereocenters. The van der Waals surface area contributed by atoms with Crippen molar-refractivity contribution in [3.05, 3.63) is 48.3 Å². The Kier molecular flexibility index (Phi) is 5.02. The summed E-state index contributed by atoms with van der Waals surface area (Å²) in [4.78, 5) is 17.9. The lowest BCUT2D eigenvalue weighted by Gasteiger charge is -2.20. The summed E-state index contributed by atoms with van der Waals surface area (Å²) in [6, 6.07) is 9.43. The van der Waals surface area contributed by atoms with E-state index in [0.29, 0.717) is 13.0 Å². The van der Waals surface area contributed by atoms with Crippen LogP contribution in [-0.2, 0) is 16.2 Å². The van der Waals surface area contributed by atoms with Crippen molar-refractivity contribution in [2.75, 3.05) is 13.7 Å². The van der Waals surface area contributed by atoms with E-state index >= 15 is 0 Å². The normalized spacial score (nSPS) is 19.2. The zero-order valence-electron chi connectivity index (χ0n) is 14.4. The van der Waals surface area contributed by atoms with Gasteiger partial charge in [-0.05, 0) is 49.2 Å². The van der Waals surface area contributed by atoms with Crippen molar-refractivity contribution in [3.8, 4) is 5.75 Å². The zero-order valence-corrected chi connectivity index (χ0v) is 14.4. The molecule has 0 bridgehead atoms. The third-order valence-electron chi connectivity index (χ3n) is 4.17. The number of carbonyl (C=O) groups excluding carboxylic acids is 1. The van der Waals surface area contributed by atoms with E-state index in [1.54, 1.807) is 20.2 Å². The molecule has 132 valence electrons. The molecule has 0 unspecified atom stereocenters. The van der Waals surface area contributed by atoms with Crippen molar-refractivity contribution < 1.29 is 14.4 Å². The number of carbonyl (C=O) groups is 1.